The van der Waals surface area contributed by atoms with Crippen molar-refractivity contribution in [3.8, 4) is 0 Å². The van der Waals surface area contributed by atoms with Gasteiger partial charge in [0.25, 0.3) is 0 Å². The van der Waals surface area contributed by atoms with Crippen molar-refractivity contribution in [2.45, 2.75) is 45.2 Å². The first kappa shape index (κ1) is 13.9. The lowest BCUT2D eigenvalue weighted by Gasteiger charge is -2.40. The summed E-state index contributed by atoms with van der Waals surface area (Å²) in [5, 5.41) is 12.4. The van der Waals surface area contributed by atoms with E-state index in [0.717, 1.165) is 13.0 Å². The first-order chi connectivity index (χ1) is 6.31. The highest BCUT2D eigenvalue weighted by molar-refractivity contribution is 4.88. The van der Waals surface area contributed by atoms with Crippen molar-refractivity contribution >= 4 is 0 Å². The Morgan fingerprint density at radius 3 is 2.07 bits per heavy atom. The number of aliphatic hydroxyl groups excluding tert-OH is 1. The van der Waals surface area contributed by atoms with Crippen molar-refractivity contribution in [3.05, 3.63) is 0 Å². The quantitative estimate of drug-likeness (QED) is 0.676. The third kappa shape index (κ3) is 3.56. The number of nitrogens with one attached hydrogen (secondary N) is 1. The molecule has 0 aliphatic rings. The molecule has 0 bridgehead atoms. The number of nitrogens with zero attached hydrogens (tertiary/aromatic N) is 1. The lowest BCUT2D eigenvalue weighted by atomic mass is 9.95. The van der Waals surface area contributed by atoms with E-state index >= 15 is 0 Å². The molecule has 0 fully saturated rings. The van der Waals surface area contributed by atoms with E-state index in [1.54, 1.807) is 0 Å². The minimum Gasteiger partial charge on any atom is -0.394 e. The maximum Gasteiger partial charge on any atom is 0.0623 e. The molecule has 2 N–H and O–H groups in total. The summed E-state index contributed by atoms with van der Waals surface area (Å²) in [6.45, 7) is 9.68. The van der Waals surface area contributed by atoms with E-state index in [1.807, 2.05) is 14.0 Å². The Labute approximate surface area is 88.5 Å². The van der Waals surface area contributed by atoms with Crippen LogP contribution in [-0.4, -0.2) is 48.3 Å². The third-order valence-corrected chi connectivity index (χ3v) is 3.44. The fourth-order valence-electron chi connectivity index (χ4n) is 1.22. The molecule has 86 valence electrons. The van der Waals surface area contributed by atoms with E-state index in [2.05, 4.69) is 38.0 Å². The number of rotatable bonds is 6. The van der Waals surface area contributed by atoms with E-state index < -0.39 is 0 Å². The third-order valence-electron chi connectivity index (χ3n) is 3.44. The molecule has 1 atom stereocenters. The van der Waals surface area contributed by atoms with Crippen molar-refractivity contribution in [2.75, 3.05) is 27.2 Å². The molecule has 3 heteroatoms. The van der Waals surface area contributed by atoms with Gasteiger partial charge in [-0.3, -0.25) is 4.90 Å². The SMILES string of the molecule is CCC(C)(C)N(C)CC(C)(CO)NC. The second-order valence-corrected chi connectivity index (χ2v) is 4.99. The van der Waals surface area contributed by atoms with Gasteiger partial charge in [0, 0.05) is 12.1 Å². The zero-order valence-corrected chi connectivity index (χ0v) is 10.5. The summed E-state index contributed by atoms with van der Waals surface area (Å²) in [5.41, 5.74) is -0.0194. The molecular formula is C11H26N2O. The van der Waals surface area contributed by atoms with Crippen LogP contribution < -0.4 is 5.32 Å². The van der Waals surface area contributed by atoms with Crippen molar-refractivity contribution in [1.29, 1.82) is 0 Å². The van der Waals surface area contributed by atoms with Crippen LogP contribution in [0.1, 0.15) is 34.1 Å². The Bertz CT molecular complexity index is 165. The van der Waals surface area contributed by atoms with E-state index in [1.165, 1.54) is 0 Å². The highest BCUT2D eigenvalue weighted by Gasteiger charge is 2.29. The zero-order chi connectivity index (χ0) is 11.4. The lowest BCUT2D eigenvalue weighted by molar-refractivity contribution is 0.0796. The van der Waals surface area contributed by atoms with Crippen LogP contribution in [0.4, 0.5) is 0 Å². The van der Waals surface area contributed by atoms with Crippen LogP contribution >= 0.6 is 0 Å². The second-order valence-electron chi connectivity index (χ2n) is 4.99. The molecule has 0 rings (SSSR count). The highest BCUT2D eigenvalue weighted by Crippen LogP contribution is 2.18. The van der Waals surface area contributed by atoms with Gasteiger partial charge in [0.05, 0.1) is 12.1 Å². The molecule has 0 amide bonds. The summed E-state index contributed by atoms with van der Waals surface area (Å²) in [5.74, 6) is 0. The van der Waals surface area contributed by atoms with Gasteiger partial charge in [-0.05, 0) is 41.3 Å². The summed E-state index contributed by atoms with van der Waals surface area (Å²) < 4.78 is 0. The zero-order valence-electron chi connectivity index (χ0n) is 10.5. The molecule has 0 aromatic heterocycles. The van der Waals surface area contributed by atoms with Crippen molar-refractivity contribution in [3.63, 3.8) is 0 Å². The fraction of sp³-hybridized carbons (Fsp3) is 1.00. The van der Waals surface area contributed by atoms with E-state index in [9.17, 15) is 5.11 Å². The Morgan fingerprint density at radius 2 is 1.79 bits per heavy atom. The molecule has 0 heterocycles. The lowest BCUT2D eigenvalue weighted by Crippen LogP contribution is -2.56. The predicted octanol–water partition coefficient (Wildman–Crippen LogP) is 1.08. The minimum absolute atomic E-state index is 0.160. The molecule has 0 radical (unpaired) electrons. The summed E-state index contributed by atoms with van der Waals surface area (Å²) in [6.07, 6.45) is 1.11. The van der Waals surface area contributed by atoms with E-state index in [-0.39, 0.29) is 17.7 Å². The summed E-state index contributed by atoms with van der Waals surface area (Å²) in [7, 11) is 4.00. The number of likely N-dealkylation sites (N-methyl/N-ethyl adjacent to an activating group) is 2. The predicted molar refractivity (Wildman–Crippen MR) is 61.6 cm³/mol. The van der Waals surface area contributed by atoms with Crippen molar-refractivity contribution in [1.82, 2.24) is 10.2 Å². The second kappa shape index (κ2) is 5.10. The van der Waals surface area contributed by atoms with Gasteiger partial charge in [-0.25, -0.2) is 0 Å². The first-order valence-electron chi connectivity index (χ1n) is 5.32. The molecule has 0 aromatic rings. The Kier molecular flexibility index (Phi) is 5.06. The van der Waals surface area contributed by atoms with Gasteiger partial charge in [-0.2, -0.15) is 0 Å². The topological polar surface area (TPSA) is 35.5 Å². The fourth-order valence-corrected chi connectivity index (χ4v) is 1.22. The first-order valence-corrected chi connectivity index (χ1v) is 5.32. The Balaban J connectivity index is 4.36. The van der Waals surface area contributed by atoms with Crippen LogP contribution in [-0.2, 0) is 0 Å². The molecule has 0 aromatic carbocycles. The highest BCUT2D eigenvalue weighted by atomic mass is 16.3. The molecule has 0 saturated carbocycles. The molecule has 0 spiro atoms. The maximum atomic E-state index is 9.28. The monoisotopic (exact) mass is 202 g/mol. The Morgan fingerprint density at radius 1 is 1.29 bits per heavy atom. The van der Waals surface area contributed by atoms with Crippen LogP contribution in [0, 0.1) is 0 Å². The van der Waals surface area contributed by atoms with Gasteiger partial charge in [-0.1, -0.05) is 6.92 Å². The molecule has 1 unspecified atom stereocenters. The molecule has 3 nitrogen and oxygen atoms in total. The number of hydrogen-bond acceptors (Lipinski definition) is 3. The number of aliphatic hydroxyl groups is 1. The van der Waals surface area contributed by atoms with Gasteiger partial charge in [-0.15, -0.1) is 0 Å². The van der Waals surface area contributed by atoms with E-state index in [4.69, 9.17) is 0 Å². The van der Waals surface area contributed by atoms with Crippen molar-refractivity contribution < 1.29 is 5.11 Å². The number of hydrogen-bond donors (Lipinski definition) is 2. The standard InChI is InChI=1S/C11H26N2O/c1-7-10(2,3)13(6)8-11(4,9-14)12-5/h12,14H,7-9H2,1-6H3. The van der Waals surface area contributed by atoms with Gasteiger partial charge in [0.2, 0.25) is 0 Å². The van der Waals surface area contributed by atoms with Crippen LogP contribution in [0.15, 0.2) is 0 Å². The van der Waals surface area contributed by atoms with Gasteiger partial charge >= 0.3 is 0 Å². The van der Waals surface area contributed by atoms with Crippen LogP contribution in [0.5, 0.6) is 0 Å². The molecular weight excluding hydrogens is 176 g/mol. The van der Waals surface area contributed by atoms with E-state index in [0.29, 0.717) is 0 Å². The van der Waals surface area contributed by atoms with Crippen molar-refractivity contribution in [2.24, 2.45) is 0 Å². The van der Waals surface area contributed by atoms with Crippen LogP contribution in [0.3, 0.4) is 0 Å². The maximum absolute atomic E-state index is 9.28. The molecule has 0 saturated heterocycles. The largest absolute Gasteiger partial charge is 0.394 e. The van der Waals surface area contributed by atoms with Gasteiger partial charge in [0.1, 0.15) is 0 Å². The smallest absolute Gasteiger partial charge is 0.0623 e. The average molecular weight is 202 g/mol. The Hall–Kier alpha value is -0.120. The summed E-state index contributed by atoms with van der Waals surface area (Å²) in [6, 6.07) is 0. The molecule has 0 aliphatic heterocycles. The molecule has 0 aliphatic carbocycles. The van der Waals surface area contributed by atoms with Crippen LogP contribution in [0.25, 0.3) is 0 Å². The molecule has 14 heavy (non-hydrogen) atoms. The summed E-state index contributed by atoms with van der Waals surface area (Å²) >= 11 is 0. The van der Waals surface area contributed by atoms with Gasteiger partial charge in [0.15, 0.2) is 0 Å². The average Bonchev–Trinajstić information content (AvgIpc) is 2.17. The van der Waals surface area contributed by atoms with Gasteiger partial charge < -0.3 is 10.4 Å². The summed E-state index contributed by atoms with van der Waals surface area (Å²) in [4.78, 5) is 2.29. The normalized spacial score (nSPS) is 17.1. The van der Waals surface area contributed by atoms with Crippen LogP contribution in [0.2, 0.25) is 0 Å². The minimum atomic E-state index is -0.207.